The number of nitrogens with one attached hydrogen (secondary N) is 1. The number of carbonyl (C=O) groups excluding carboxylic acids is 4. The van der Waals surface area contributed by atoms with Crippen LogP contribution in [0.15, 0.2) is 91.0 Å². The molecule has 3 saturated heterocycles. The highest BCUT2D eigenvalue weighted by molar-refractivity contribution is 5.78. The molecule has 57 heavy (non-hydrogen) atoms. The topological polar surface area (TPSA) is 199 Å². The molecule has 0 saturated carbocycles. The monoisotopic (exact) mass is 792 g/mol. The van der Waals surface area contributed by atoms with E-state index >= 15 is 0 Å². The van der Waals surface area contributed by atoms with Gasteiger partial charge in [0.15, 0.2) is 31.1 Å². The molecule has 16 heteroatoms. The third kappa shape index (κ3) is 11.4. The summed E-state index contributed by atoms with van der Waals surface area (Å²) in [5, 5.41) is 2.81. The average Bonchev–Trinajstić information content (AvgIpc) is 3.20. The molecule has 3 fully saturated rings. The number of hydrogen-bond acceptors (Lipinski definition) is 15. The molecule has 3 N–H and O–H groups in total. The predicted octanol–water partition coefficient (Wildman–Crippen LogP) is 2.61. The van der Waals surface area contributed by atoms with Crippen molar-refractivity contribution in [3.8, 4) is 0 Å². The van der Waals surface area contributed by atoms with E-state index in [2.05, 4.69) is 5.32 Å². The van der Waals surface area contributed by atoms with Gasteiger partial charge in [0.05, 0.1) is 25.9 Å². The van der Waals surface area contributed by atoms with Crippen LogP contribution in [0, 0.1) is 0 Å². The van der Waals surface area contributed by atoms with E-state index in [-0.39, 0.29) is 26.4 Å². The molecule has 0 bridgehead atoms. The minimum Gasteiger partial charge on any atom is -0.463 e. The van der Waals surface area contributed by atoms with E-state index in [1.807, 2.05) is 91.0 Å². The number of benzene rings is 3. The van der Waals surface area contributed by atoms with Gasteiger partial charge >= 0.3 is 17.9 Å². The van der Waals surface area contributed by atoms with Gasteiger partial charge in [0, 0.05) is 26.3 Å². The van der Waals surface area contributed by atoms with Gasteiger partial charge in [0.25, 0.3) is 0 Å². The molecule has 16 nitrogen and oxygen atoms in total. The Bertz CT molecular complexity index is 1770. The summed E-state index contributed by atoms with van der Waals surface area (Å²) < 4.78 is 59.9. The quantitative estimate of drug-likeness (QED) is 0.168. The molecule has 6 rings (SSSR count). The normalized spacial score (nSPS) is 29.6. The Morgan fingerprint density at radius 3 is 1.86 bits per heavy atom. The molecule has 306 valence electrons. The zero-order valence-electron chi connectivity index (χ0n) is 31.8. The van der Waals surface area contributed by atoms with E-state index in [1.54, 1.807) is 0 Å². The molecule has 1 amide bonds. The standard InChI is InChI=1S/C41H48N2O14/c1-24(44)48-21-30-36(53-25(2)45)38(54-26(3)46)34(41(56-30)51-20-28-15-9-5-10-16-28)43-32(47)23-49-37-33(42)40(50-19-27-13-7-4-8-14-27)55-31-22-52-39(57-35(31)37)29-17-11-6-12-18-29/h4-18,30-31,33-41H,19-23,42H2,1-3H3,(H,43,47)/t30-,31-,33-,34+,35-,36-,37-,38-,39?,40+,41+/m1/s1. The zero-order valence-corrected chi connectivity index (χ0v) is 31.8. The number of nitrogens with two attached hydrogens (primary N) is 1. The van der Waals surface area contributed by atoms with Crippen molar-refractivity contribution in [2.45, 2.75) is 102 Å². The maximum atomic E-state index is 13.9. The Morgan fingerprint density at radius 2 is 1.26 bits per heavy atom. The van der Waals surface area contributed by atoms with Crippen molar-refractivity contribution in [1.29, 1.82) is 0 Å². The number of carbonyl (C=O) groups is 4. The molecule has 0 spiro atoms. The highest BCUT2D eigenvalue weighted by Crippen LogP contribution is 2.35. The summed E-state index contributed by atoms with van der Waals surface area (Å²) in [7, 11) is 0. The van der Waals surface area contributed by atoms with Gasteiger partial charge in [0.2, 0.25) is 5.91 Å². The van der Waals surface area contributed by atoms with Gasteiger partial charge in [-0.25, -0.2) is 0 Å². The lowest BCUT2D eigenvalue weighted by Gasteiger charge is -2.48. The number of rotatable bonds is 15. The van der Waals surface area contributed by atoms with Crippen LogP contribution in [0.4, 0.5) is 0 Å². The lowest BCUT2D eigenvalue weighted by atomic mass is 9.95. The van der Waals surface area contributed by atoms with Gasteiger partial charge in [-0.2, -0.15) is 0 Å². The molecule has 3 aliphatic rings. The van der Waals surface area contributed by atoms with Crippen molar-refractivity contribution in [3.05, 3.63) is 108 Å². The molecular weight excluding hydrogens is 744 g/mol. The third-order valence-electron chi connectivity index (χ3n) is 9.41. The fourth-order valence-electron chi connectivity index (χ4n) is 6.83. The fraction of sp³-hybridized carbons (Fsp3) is 0.463. The molecular formula is C41H48N2O14. The van der Waals surface area contributed by atoms with Crippen LogP contribution in [0.5, 0.6) is 0 Å². The highest BCUT2D eigenvalue weighted by Gasteiger charge is 2.53. The van der Waals surface area contributed by atoms with Crippen molar-refractivity contribution < 1.29 is 66.5 Å². The number of fused-ring (bicyclic) bond motifs is 1. The molecule has 3 aliphatic heterocycles. The maximum Gasteiger partial charge on any atom is 0.303 e. The Kier molecular flexibility index (Phi) is 14.7. The number of amides is 1. The fourth-order valence-corrected chi connectivity index (χ4v) is 6.83. The second-order valence-electron chi connectivity index (χ2n) is 13.8. The van der Waals surface area contributed by atoms with E-state index in [0.29, 0.717) is 0 Å². The van der Waals surface area contributed by atoms with Crippen LogP contribution >= 0.6 is 0 Å². The van der Waals surface area contributed by atoms with Crippen molar-refractivity contribution >= 4 is 23.8 Å². The van der Waals surface area contributed by atoms with E-state index in [9.17, 15) is 19.2 Å². The minimum absolute atomic E-state index is 0.0199. The van der Waals surface area contributed by atoms with Crippen molar-refractivity contribution in [1.82, 2.24) is 5.32 Å². The SMILES string of the molecule is CC(=O)OC[C@H]1O[C@H](OCc2ccccc2)[C@@H](NC(=O)CO[C@@H]2[C@@H](N)[C@@H](OCc3ccccc3)O[C@@H]3COC(c4ccccc4)O[C@@H]23)[C@@H](OC(C)=O)[C@@H]1OC(C)=O. The molecule has 0 aliphatic carbocycles. The van der Waals surface area contributed by atoms with Crippen LogP contribution in [0.2, 0.25) is 0 Å². The summed E-state index contributed by atoms with van der Waals surface area (Å²) in [5.41, 5.74) is 9.21. The first kappa shape index (κ1) is 41.8. The van der Waals surface area contributed by atoms with Gasteiger partial charge < -0.3 is 58.4 Å². The molecule has 0 aromatic heterocycles. The van der Waals surface area contributed by atoms with Gasteiger partial charge in [-0.15, -0.1) is 0 Å². The van der Waals surface area contributed by atoms with Gasteiger partial charge in [-0.05, 0) is 11.1 Å². The van der Waals surface area contributed by atoms with Crippen LogP contribution in [-0.4, -0.2) is 105 Å². The number of ether oxygens (including phenoxy) is 10. The van der Waals surface area contributed by atoms with Crippen LogP contribution in [-0.2, 0) is 79.8 Å². The zero-order chi connectivity index (χ0) is 40.3. The molecule has 0 radical (unpaired) electrons. The van der Waals surface area contributed by atoms with Gasteiger partial charge in [-0.3, -0.25) is 19.2 Å². The Balaban J connectivity index is 1.22. The number of esters is 3. The first-order chi connectivity index (χ1) is 27.5. The summed E-state index contributed by atoms with van der Waals surface area (Å²) in [6.07, 6.45) is -9.15. The van der Waals surface area contributed by atoms with Gasteiger partial charge in [-0.1, -0.05) is 91.0 Å². The van der Waals surface area contributed by atoms with E-state index in [4.69, 9.17) is 53.1 Å². The van der Waals surface area contributed by atoms with Crippen LogP contribution in [0.25, 0.3) is 0 Å². The first-order valence-corrected chi connectivity index (χ1v) is 18.6. The Hall–Kier alpha value is -4.78. The van der Waals surface area contributed by atoms with Crippen molar-refractivity contribution in [2.24, 2.45) is 5.73 Å². The summed E-state index contributed by atoms with van der Waals surface area (Å²) >= 11 is 0. The molecule has 3 aromatic rings. The minimum atomic E-state index is -1.35. The lowest BCUT2D eigenvalue weighted by Crippen LogP contribution is -2.67. The molecule has 3 heterocycles. The third-order valence-corrected chi connectivity index (χ3v) is 9.41. The summed E-state index contributed by atoms with van der Waals surface area (Å²) in [6.45, 7) is 2.95. The van der Waals surface area contributed by atoms with Crippen LogP contribution in [0.3, 0.4) is 0 Å². The Labute approximate surface area is 330 Å². The average molecular weight is 793 g/mol. The molecule has 11 atom stereocenters. The Morgan fingerprint density at radius 1 is 0.684 bits per heavy atom. The first-order valence-electron chi connectivity index (χ1n) is 18.6. The summed E-state index contributed by atoms with van der Waals surface area (Å²) in [5.74, 6) is -2.78. The summed E-state index contributed by atoms with van der Waals surface area (Å²) in [4.78, 5) is 50.6. The van der Waals surface area contributed by atoms with E-state index < -0.39 is 98.0 Å². The predicted molar refractivity (Wildman–Crippen MR) is 197 cm³/mol. The smallest absolute Gasteiger partial charge is 0.303 e. The number of hydrogen-bond donors (Lipinski definition) is 2. The lowest BCUT2D eigenvalue weighted by molar-refractivity contribution is -0.347. The van der Waals surface area contributed by atoms with Crippen LogP contribution in [0.1, 0.15) is 43.8 Å². The largest absolute Gasteiger partial charge is 0.463 e. The van der Waals surface area contributed by atoms with E-state index in [1.165, 1.54) is 13.8 Å². The van der Waals surface area contributed by atoms with E-state index in [0.717, 1.165) is 23.6 Å². The van der Waals surface area contributed by atoms with Crippen molar-refractivity contribution in [2.75, 3.05) is 19.8 Å². The second kappa shape index (κ2) is 20.1. The van der Waals surface area contributed by atoms with Crippen molar-refractivity contribution in [3.63, 3.8) is 0 Å². The highest BCUT2D eigenvalue weighted by atomic mass is 16.8. The molecule has 1 unspecified atom stereocenters. The maximum absolute atomic E-state index is 13.9. The van der Waals surface area contributed by atoms with Crippen LogP contribution < -0.4 is 11.1 Å². The second-order valence-corrected chi connectivity index (χ2v) is 13.8. The van der Waals surface area contributed by atoms with Gasteiger partial charge in [0.1, 0.15) is 43.7 Å². The summed E-state index contributed by atoms with van der Waals surface area (Å²) in [6, 6.07) is 25.8. The molecule has 3 aromatic carbocycles.